The molecule has 1 nitrogen and oxygen atoms in total. The third kappa shape index (κ3) is 7.80. The Morgan fingerprint density at radius 2 is 2.08 bits per heavy atom. The molecule has 0 amide bonds. The van der Waals surface area contributed by atoms with E-state index >= 15 is 0 Å². The van der Waals surface area contributed by atoms with Crippen molar-refractivity contribution in [1.29, 1.82) is 0 Å². The molecule has 0 saturated carbocycles. The summed E-state index contributed by atoms with van der Waals surface area (Å²) in [6.07, 6.45) is 6.81. The number of ether oxygens (including phenoxy) is 1. The third-order valence-corrected chi connectivity index (χ3v) is 1.86. The Hall–Kier alpha value is -0.300. The molecule has 0 heterocycles. The highest BCUT2D eigenvalue weighted by molar-refractivity contribution is 4.94. The average molecular weight is 169 g/mol. The number of allylic oxidation sites excluding steroid dienone is 2. The van der Waals surface area contributed by atoms with Gasteiger partial charge < -0.3 is 4.74 Å². The quantitative estimate of drug-likeness (QED) is 0.417. The lowest BCUT2D eigenvalue weighted by Gasteiger charge is -2.01. The third-order valence-electron chi connectivity index (χ3n) is 1.86. The second-order valence-electron chi connectivity index (χ2n) is 3.04. The van der Waals surface area contributed by atoms with E-state index < -0.39 is 0 Å². The molecule has 0 aliphatic rings. The van der Waals surface area contributed by atoms with E-state index in [0.717, 1.165) is 13.0 Å². The summed E-state index contributed by atoms with van der Waals surface area (Å²) in [6, 6.07) is 0. The zero-order valence-corrected chi connectivity index (χ0v) is 8.60. The molecule has 0 fully saturated rings. The molecule has 0 spiro atoms. The predicted octanol–water partition coefficient (Wildman–Crippen LogP) is 3.71. The normalized spacial score (nSPS) is 12.1. The smallest absolute Gasteiger partial charge is 0.0833 e. The minimum absolute atomic E-state index is 0.880. The van der Waals surface area contributed by atoms with E-state index in [-0.39, 0.29) is 0 Å². The number of rotatable bonds is 7. The molecule has 0 rings (SSSR count). The van der Waals surface area contributed by atoms with Crippen LogP contribution in [0.3, 0.4) is 0 Å². The maximum absolute atomic E-state index is 5.25. The minimum atomic E-state index is 0.880. The molecule has 0 aliphatic carbocycles. The molecular formula is C11H21O. The summed E-state index contributed by atoms with van der Waals surface area (Å²) in [5.74, 6) is 0. The summed E-state index contributed by atoms with van der Waals surface area (Å²) >= 11 is 0. The fourth-order valence-electron chi connectivity index (χ4n) is 0.935. The van der Waals surface area contributed by atoms with Crippen molar-refractivity contribution in [3.8, 4) is 0 Å². The number of hydrogen-bond donors (Lipinski definition) is 0. The van der Waals surface area contributed by atoms with Crippen LogP contribution in [0.15, 0.2) is 11.6 Å². The van der Waals surface area contributed by atoms with Crippen molar-refractivity contribution < 1.29 is 4.74 Å². The Morgan fingerprint density at radius 1 is 1.33 bits per heavy atom. The van der Waals surface area contributed by atoms with Crippen molar-refractivity contribution in [2.75, 3.05) is 6.61 Å². The van der Waals surface area contributed by atoms with Crippen molar-refractivity contribution in [2.24, 2.45) is 0 Å². The molecule has 0 atom stereocenters. The zero-order chi connectivity index (χ0) is 9.23. The number of unbranched alkanes of at least 4 members (excludes halogenated alkanes) is 1. The molecule has 0 aromatic heterocycles. The molecule has 12 heavy (non-hydrogen) atoms. The summed E-state index contributed by atoms with van der Waals surface area (Å²) in [5.41, 5.74) is 1.48. The van der Waals surface area contributed by atoms with Gasteiger partial charge in [0, 0.05) is 6.61 Å². The summed E-state index contributed by atoms with van der Waals surface area (Å²) in [7, 11) is 0. The summed E-state index contributed by atoms with van der Waals surface area (Å²) in [4.78, 5) is 0. The fourth-order valence-corrected chi connectivity index (χ4v) is 0.935. The highest BCUT2D eigenvalue weighted by atomic mass is 16.5. The molecule has 0 saturated heterocycles. The van der Waals surface area contributed by atoms with Crippen LogP contribution >= 0.6 is 0 Å². The van der Waals surface area contributed by atoms with Crippen LogP contribution in [0.1, 0.15) is 46.5 Å². The lowest BCUT2D eigenvalue weighted by Crippen LogP contribution is -1.91. The molecule has 0 bridgehead atoms. The second kappa shape index (κ2) is 8.79. The predicted molar refractivity (Wildman–Crippen MR) is 53.8 cm³/mol. The monoisotopic (exact) mass is 169 g/mol. The Kier molecular flexibility index (Phi) is 8.57. The van der Waals surface area contributed by atoms with Crippen LogP contribution in [-0.4, -0.2) is 6.61 Å². The van der Waals surface area contributed by atoms with Crippen molar-refractivity contribution in [1.82, 2.24) is 0 Å². The lowest BCUT2D eigenvalue weighted by atomic mass is 10.1. The topological polar surface area (TPSA) is 9.23 Å². The first kappa shape index (κ1) is 11.7. The largest absolute Gasteiger partial charge is 0.376 e. The maximum Gasteiger partial charge on any atom is 0.0833 e. The molecule has 1 heteroatoms. The summed E-state index contributed by atoms with van der Waals surface area (Å²) < 4.78 is 5.25. The molecule has 0 N–H and O–H groups in total. The summed E-state index contributed by atoms with van der Waals surface area (Å²) in [5, 5.41) is 0. The highest BCUT2D eigenvalue weighted by Gasteiger charge is 1.90. The molecule has 0 aliphatic heterocycles. The first-order chi connectivity index (χ1) is 5.81. The van der Waals surface area contributed by atoms with E-state index in [1.807, 2.05) is 6.61 Å². The standard InChI is InChI=1S/C11H21O/c1-4-9-12-10-7-6-8-11(3)5-2/h5,9H,4,6-8,10H2,1-3H3/b11-5+. The highest BCUT2D eigenvalue weighted by Crippen LogP contribution is 2.06. The van der Waals surface area contributed by atoms with Gasteiger partial charge in [-0.3, -0.25) is 0 Å². The van der Waals surface area contributed by atoms with Gasteiger partial charge in [-0.25, -0.2) is 0 Å². The van der Waals surface area contributed by atoms with E-state index in [4.69, 9.17) is 4.74 Å². The number of hydrogen-bond acceptors (Lipinski definition) is 1. The van der Waals surface area contributed by atoms with E-state index in [9.17, 15) is 0 Å². The Balaban J connectivity index is 3.00. The van der Waals surface area contributed by atoms with Crippen LogP contribution in [0.25, 0.3) is 0 Å². The van der Waals surface area contributed by atoms with Crippen LogP contribution in [0.2, 0.25) is 0 Å². The van der Waals surface area contributed by atoms with Gasteiger partial charge in [-0.2, -0.15) is 0 Å². The van der Waals surface area contributed by atoms with Gasteiger partial charge in [-0.1, -0.05) is 18.6 Å². The zero-order valence-electron chi connectivity index (χ0n) is 8.60. The van der Waals surface area contributed by atoms with Crippen molar-refractivity contribution in [2.45, 2.75) is 46.5 Å². The fraction of sp³-hybridized carbons (Fsp3) is 0.727. The van der Waals surface area contributed by atoms with Gasteiger partial charge in [-0.15, -0.1) is 0 Å². The maximum atomic E-state index is 5.25. The second-order valence-corrected chi connectivity index (χ2v) is 3.04. The van der Waals surface area contributed by atoms with E-state index in [1.54, 1.807) is 0 Å². The van der Waals surface area contributed by atoms with Crippen LogP contribution in [0, 0.1) is 6.61 Å². The van der Waals surface area contributed by atoms with Gasteiger partial charge in [0.05, 0.1) is 6.61 Å². The molecule has 0 aromatic carbocycles. The SMILES string of the molecule is C/C=C(\C)CCCCO[CH]CC. The van der Waals surface area contributed by atoms with E-state index in [2.05, 4.69) is 26.8 Å². The summed E-state index contributed by atoms with van der Waals surface area (Å²) in [6.45, 7) is 9.12. The lowest BCUT2D eigenvalue weighted by molar-refractivity contribution is 0.189. The van der Waals surface area contributed by atoms with Crippen LogP contribution in [0.5, 0.6) is 0 Å². The van der Waals surface area contributed by atoms with Gasteiger partial charge in [0.25, 0.3) is 0 Å². The Bertz CT molecular complexity index is 116. The molecule has 0 unspecified atom stereocenters. The average Bonchev–Trinajstić information content (AvgIpc) is 2.10. The molecule has 0 aromatic rings. The van der Waals surface area contributed by atoms with Gasteiger partial charge in [0.15, 0.2) is 0 Å². The molecule has 71 valence electrons. The van der Waals surface area contributed by atoms with Crippen molar-refractivity contribution >= 4 is 0 Å². The molecular weight excluding hydrogens is 148 g/mol. The minimum Gasteiger partial charge on any atom is -0.376 e. The van der Waals surface area contributed by atoms with E-state index in [0.29, 0.717) is 0 Å². The van der Waals surface area contributed by atoms with Crippen molar-refractivity contribution in [3.05, 3.63) is 18.3 Å². The first-order valence-electron chi connectivity index (χ1n) is 4.86. The van der Waals surface area contributed by atoms with Gasteiger partial charge in [0.2, 0.25) is 0 Å². The van der Waals surface area contributed by atoms with Gasteiger partial charge in [0.1, 0.15) is 0 Å². The van der Waals surface area contributed by atoms with E-state index in [1.165, 1.54) is 24.8 Å². The Morgan fingerprint density at radius 3 is 2.67 bits per heavy atom. The molecule has 1 radical (unpaired) electrons. The van der Waals surface area contributed by atoms with Crippen LogP contribution < -0.4 is 0 Å². The van der Waals surface area contributed by atoms with Crippen LogP contribution in [0.4, 0.5) is 0 Å². The first-order valence-corrected chi connectivity index (χ1v) is 4.86. The Labute approximate surface area is 76.8 Å². The van der Waals surface area contributed by atoms with Crippen molar-refractivity contribution in [3.63, 3.8) is 0 Å². The van der Waals surface area contributed by atoms with Gasteiger partial charge >= 0.3 is 0 Å². The van der Waals surface area contributed by atoms with Crippen LogP contribution in [-0.2, 0) is 4.74 Å². The van der Waals surface area contributed by atoms with Gasteiger partial charge in [-0.05, 0) is 39.5 Å².